The lowest BCUT2D eigenvalue weighted by Gasteiger charge is -1.93. The van der Waals surface area contributed by atoms with Crippen molar-refractivity contribution in [1.82, 2.24) is 9.97 Å². The Morgan fingerprint density at radius 3 is 2.73 bits per heavy atom. The van der Waals surface area contributed by atoms with Gasteiger partial charge in [0, 0.05) is 12.4 Å². The number of hydrogen-bond acceptors (Lipinski definition) is 3. The van der Waals surface area contributed by atoms with Crippen LogP contribution in [0.5, 0.6) is 0 Å². The molecule has 0 unspecified atom stereocenters. The zero-order valence-electron chi connectivity index (χ0n) is 8.24. The Morgan fingerprint density at radius 2 is 2.00 bits per heavy atom. The SMILES string of the molecule is C(=NCc1ccncn1)c1ccccc1. The molecule has 2 rings (SSSR count). The van der Waals surface area contributed by atoms with Crippen molar-refractivity contribution in [3.8, 4) is 0 Å². The zero-order valence-corrected chi connectivity index (χ0v) is 8.24. The highest BCUT2D eigenvalue weighted by Gasteiger charge is 1.89. The van der Waals surface area contributed by atoms with Gasteiger partial charge in [0.2, 0.25) is 0 Å². The van der Waals surface area contributed by atoms with E-state index in [1.807, 2.05) is 42.6 Å². The fourth-order valence-electron chi connectivity index (χ4n) is 1.20. The monoisotopic (exact) mass is 197 g/mol. The van der Waals surface area contributed by atoms with Crippen molar-refractivity contribution in [2.45, 2.75) is 6.54 Å². The molecule has 0 aliphatic carbocycles. The number of benzene rings is 1. The summed E-state index contributed by atoms with van der Waals surface area (Å²) in [5.41, 5.74) is 2.03. The van der Waals surface area contributed by atoms with Crippen LogP contribution in [0.4, 0.5) is 0 Å². The number of hydrogen-bond donors (Lipinski definition) is 0. The second-order valence-corrected chi connectivity index (χ2v) is 3.08. The van der Waals surface area contributed by atoms with Crippen LogP contribution in [0.15, 0.2) is 53.9 Å². The van der Waals surface area contributed by atoms with Gasteiger partial charge in [0.15, 0.2) is 0 Å². The highest BCUT2D eigenvalue weighted by atomic mass is 14.8. The second kappa shape index (κ2) is 5.00. The van der Waals surface area contributed by atoms with E-state index in [4.69, 9.17) is 0 Å². The average molecular weight is 197 g/mol. The Balaban J connectivity index is 1.97. The molecule has 0 atom stereocenters. The first-order valence-electron chi connectivity index (χ1n) is 4.75. The van der Waals surface area contributed by atoms with Gasteiger partial charge in [-0.2, -0.15) is 0 Å². The number of aromatic nitrogens is 2. The van der Waals surface area contributed by atoms with E-state index < -0.39 is 0 Å². The fourth-order valence-corrected chi connectivity index (χ4v) is 1.20. The van der Waals surface area contributed by atoms with Crippen molar-refractivity contribution in [3.63, 3.8) is 0 Å². The number of nitrogens with zero attached hydrogens (tertiary/aromatic N) is 3. The van der Waals surface area contributed by atoms with Crippen LogP contribution in [0.25, 0.3) is 0 Å². The molecular weight excluding hydrogens is 186 g/mol. The van der Waals surface area contributed by atoms with Gasteiger partial charge in [-0.05, 0) is 11.6 Å². The molecule has 1 aromatic carbocycles. The maximum Gasteiger partial charge on any atom is 0.115 e. The summed E-state index contributed by atoms with van der Waals surface area (Å²) < 4.78 is 0. The Morgan fingerprint density at radius 1 is 1.13 bits per heavy atom. The van der Waals surface area contributed by atoms with E-state index in [-0.39, 0.29) is 0 Å². The third-order valence-corrected chi connectivity index (χ3v) is 1.94. The summed E-state index contributed by atoms with van der Waals surface area (Å²) in [7, 11) is 0. The van der Waals surface area contributed by atoms with Crippen LogP contribution in [-0.2, 0) is 6.54 Å². The van der Waals surface area contributed by atoms with Crippen molar-refractivity contribution >= 4 is 6.21 Å². The van der Waals surface area contributed by atoms with Crippen molar-refractivity contribution in [2.24, 2.45) is 4.99 Å². The van der Waals surface area contributed by atoms with E-state index in [0.717, 1.165) is 11.3 Å². The molecule has 1 heterocycles. The molecule has 2 aromatic rings. The number of aliphatic imine (C=N–C) groups is 1. The zero-order chi connectivity index (χ0) is 10.3. The van der Waals surface area contributed by atoms with Gasteiger partial charge in [-0.3, -0.25) is 4.99 Å². The third-order valence-electron chi connectivity index (χ3n) is 1.94. The van der Waals surface area contributed by atoms with E-state index >= 15 is 0 Å². The van der Waals surface area contributed by atoms with Gasteiger partial charge in [-0.15, -0.1) is 0 Å². The molecular formula is C12H11N3. The minimum Gasteiger partial charge on any atom is -0.286 e. The van der Waals surface area contributed by atoms with Crippen molar-refractivity contribution in [1.29, 1.82) is 0 Å². The van der Waals surface area contributed by atoms with Crippen LogP contribution < -0.4 is 0 Å². The minimum atomic E-state index is 0.595. The van der Waals surface area contributed by atoms with Crippen LogP contribution in [0.2, 0.25) is 0 Å². The minimum absolute atomic E-state index is 0.595. The van der Waals surface area contributed by atoms with Gasteiger partial charge in [-0.25, -0.2) is 9.97 Å². The van der Waals surface area contributed by atoms with Crippen LogP contribution in [0.3, 0.4) is 0 Å². The quantitative estimate of drug-likeness (QED) is 0.707. The Kier molecular flexibility index (Phi) is 3.18. The summed E-state index contributed by atoms with van der Waals surface area (Å²) in [5, 5.41) is 0. The van der Waals surface area contributed by atoms with Gasteiger partial charge in [-0.1, -0.05) is 30.3 Å². The van der Waals surface area contributed by atoms with Gasteiger partial charge in [0.05, 0.1) is 12.2 Å². The van der Waals surface area contributed by atoms with Crippen molar-refractivity contribution < 1.29 is 0 Å². The maximum absolute atomic E-state index is 4.30. The molecule has 15 heavy (non-hydrogen) atoms. The van der Waals surface area contributed by atoms with E-state index in [1.165, 1.54) is 6.33 Å². The summed E-state index contributed by atoms with van der Waals surface area (Å²) >= 11 is 0. The topological polar surface area (TPSA) is 38.1 Å². The second-order valence-electron chi connectivity index (χ2n) is 3.08. The molecule has 1 aromatic heterocycles. The first kappa shape index (κ1) is 9.52. The van der Waals surface area contributed by atoms with Gasteiger partial charge < -0.3 is 0 Å². The summed E-state index contributed by atoms with van der Waals surface area (Å²) in [6, 6.07) is 11.9. The molecule has 0 amide bonds. The lowest BCUT2D eigenvalue weighted by molar-refractivity contribution is 0.968. The van der Waals surface area contributed by atoms with E-state index in [9.17, 15) is 0 Å². The highest BCUT2D eigenvalue weighted by Crippen LogP contribution is 1.97. The van der Waals surface area contributed by atoms with Gasteiger partial charge in [0.25, 0.3) is 0 Å². The standard InChI is InChI=1S/C12H11N3/c1-2-4-11(5-3-1)8-14-9-12-6-7-13-10-15-12/h1-8,10H,9H2. The maximum atomic E-state index is 4.30. The fraction of sp³-hybridized carbons (Fsp3) is 0.0833. The molecule has 0 radical (unpaired) electrons. The molecule has 3 heteroatoms. The highest BCUT2D eigenvalue weighted by molar-refractivity contribution is 5.79. The molecule has 0 N–H and O–H groups in total. The summed E-state index contributed by atoms with van der Waals surface area (Å²) in [5.74, 6) is 0. The van der Waals surface area contributed by atoms with Crippen LogP contribution >= 0.6 is 0 Å². The summed E-state index contributed by atoms with van der Waals surface area (Å²) in [4.78, 5) is 12.2. The molecule has 0 aliphatic heterocycles. The Bertz CT molecular complexity index is 423. The van der Waals surface area contributed by atoms with Gasteiger partial charge >= 0.3 is 0 Å². The lowest BCUT2D eigenvalue weighted by Crippen LogP contribution is -1.88. The Labute approximate surface area is 88.6 Å². The smallest absolute Gasteiger partial charge is 0.115 e. The van der Waals surface area contributed by atoms with Crippen LogP contribution in [0, 0.1) is 0 Å². The molecule has 0 saturated carbocycles. The first-order valence-corrected chi connectivity index (χ1v) is 4.75. The molecule has 0 aliphatic rings. The predicted octanol–water partition coefficient (Wildman–Crippen LogP) is 2.10. The largest absolute Gasteiger partial charge is 0.286 e. The first-order chi connectivity index (χ1) is 7.45. The van der Waals surface area contributed by atoms with Crippen LogP contribution in [-0.4, -0.2) is 16.2 Å². The summed E-state index contributed by atoms with van der Waals surface area (Å²) in [6.45, 7) is 0.595. The molecule has 3 nitrogen and oxygen atoms in total. The predicted molar refractivity (Wildman–Crippen MR) is 59.8 cm³/mol. The summed E-state index contributed by atoms with van der Waals surface area (Å²) in [6.07, 6.45) is 5.11. The molecule has 0 bridgehead atoms. The van der Waals surface area contributed by atoms with E-state index in [2.05, 4.69) is 15.0 Å². The van der Waals surface area contributed by atoms with E-state index in [1.54, 1.807) is 6.20 Å². The van der Waals surface area contributed by atoms with Crippen molar-refractivity contribution in [3.05, 3.63) is 60.2 Å². The lowest BCUT2D eigenvalue weighted by atomic mass is 10.2. The van der Waals surface area contributed by atoms with Gasteiger partial charge in [0.1, 0.15) is 6.33 Å². The average Bonchev–Trinajstić information content (AvgIpc) is 2.32. The Hall–Kier alpha value is -2.03. The van der Waals surface area contributed by atoms with Crippen molar-refractivity contribution in [2.75, 3.05) is 0 Å². The van der Waals surface area contributed by atoms with E-state index in [0.29, 0.717) is 6.54 Å². The molecule has 0 spiro atoms. The normalized spacial score (nSPS) is 10.7. The third kappa shape index (κ3) is 2.98. The molecule has 74 valence electrons. The molecule has 0 saturated heterocycles. The molecule has 0 fully saturated rings. The van der Waals surface area contributed by atoms with Crippen LogP contribution in [0.1, 0.15) is 11.3 Å². The number of rotatable bonds is 3.